The number of hydrogen-bond acceptors (Lipinski definition) is 5. The first-order valence-electron chi connectivity index (χ1n) is 9.71. The smallest absolute Gasteiger partial charge is 0.407 e. The van der Waals surface area contributed by atoms with Crippen LogP contribution in [0, 0.1) is 0 Å². The molecule has 7 nitrogen and oxygen atoms in total. The normalized spacial score (nSPS) is 13.0. The van der Waals surface area contributed by atoms with Crippen LogP contribution < -0.4 is 5.32 Å². The molecule has 7 heteroatoms. The number of benzene rings is 1. The fourth-order valence-electron chi connectivity index (χ4n) is 2.87. The number of imidazole rings is 1. The predicted octanol–water partition coefficient (Wildman–Crippen LogP) is 3.11. The van der Waals surface area contributed by atoms with Crippen molar-refractivity contribution in [1.82, 2.24) is 14.9 Å². The first-order valence-corrected chi connectivity index (χ1v) is 9.30. The van der Waals surface area contributed by atoms with E-state index in [-0.39, 0.29) is 18.4 Å². The van der Waals surface area contributed by atoms with Gasteiger partial charge in [-0.3, -0.25) is 4.79 Å². The number of hydrogen-bond donors (Lipinski definition) is 2. The number of Topliss-reactive ketones (excluding diaryl/α,β-unsaturated/α-hetero) is 1. The van der Waals surface area contributed by atoms with Gasteiger partial charge in [0.05, 0.1) is 5.69 Å². The first-order chi connectivity index (χ1) is 13.6. The zero-order valence-corrected chi connectivity index (χ0v) is 17.1. The molecule has 28 heavy (non-hydrogen) atoms. The molecule has 1 aromatic carbocycles. The van der Waals surface area contributed by atoms with Crippen LogP contribution in [0.15, 0.2) is 30.5 Å². The van der Waals surface area contributed by atoms with Crippen molar-refractivity contribution in [1.29, 1.82) is 1.43 Å². The zero-order chi connectivity index (χ0) is 21.6. The molecule has 0 fully saturated rings. The van der Waals surface area contributed by atoms with E-state index in [2.05, 4.69) is 15.4 Å². The van der Waals surface area contributed by atoms with Crippen molar-refractivity contribution < 1.29 is 19.4 Å². The summed E-state index contributed by atoms with van der Waals surface area (Å²) in [6.45, 7) is 7.13. The van der Waals surface area contributed by atoms with E-state index < -0.39 is 11.7 Å². The summed E-state index contributed by atoms with van der Waals surface area (Å²) >= 11 is 0. The third-order valence-corrected chi connectivity index (χ3v) is 4.11. The molecule has 2 rings (SSSR count). The van der Waals surface area contributed by atoms with Crippen molar-refractivity contribution in [2.45, 2.75) is 52.2 Å². The highest BCUT2D eigenvalue weighted by Crippen LogP contribution is 2.20. The molecule has 0 bridgehead atoms. The third-order valence-electron chi connectivity index (χ3n) is 4.11. The summed E-state index contributed by atoms with van der Waals surface area (Å²) in [4.78, 5) is 28.1. The van der Waals surface area contributed by atoms with Gasteiger partial charge < -0.3 is 19.7 Å². The molecule has 0 radical (unpaired) electrons. The number of nitrogens with zero attached hydrogens (tertiary/aromatic N) is 2. The highest BCUT2D eigenvalue weighted by molar-refractivity contribution is 5.91. The lowest BCUT2D eigenvalue weighted by molar-refractivity contribution is 0.0497. The van der Waals surface area contributed by atoms with Gasteiger partial charge in [-0.2, -0.15) is 0 Å². The van der Waals surface area contributed by atoms with Gasteiger partial charge in [-0.1, -0.05) is 24.3 Å². The minimum Gasteiger partial charge on any atom is -0.444 e. The van der Waals surface area contributed by atoms with Gasteiger partial charge in [0.25, 0.3) is 0 Å². The zero-order valence-electron chi connectivity index (χ0n) is 18.1. The maximum atomic E-state index is 12.1. The molecule has 0 aliphatic carbocycles. The number of nitrogens with one attached hydrogen (secondary N) is 1. The Morgan fingerprint density at radius 2 is 2.00 bits per heavy atom. The van der Waals surface area contributed by atoms with E-state index in [0.29, 0.717) is 18.7 Å². The van der Waals surface area contributed by atoms with Crippen LogP contribution >= 0.6 is 0 Å². The Hall–Kier alpha value is -2.67. The topological polar surface area (TPSA) is 93.5 Å². The summed E-state index contributed by atoms with van der Waals surface area (Å²) in [7, 11) is 1.79. The fourth-order valence-corrected chi connectivity index (χ4v) is 2.87. The molecule has 2 N–H and O–H groups in total. The summed E-state index contributed by atoms with van der Waals surface area (Å²) < 4.78 is 13.9. The average molecular weight is 389 g/mol. The lowest BCUT2D eigenvalue weighted by atomic mass is 10.0. The lowest BCUT2D eigenvalue weighted by Crippen LogP contribution is -2.40. The number of ketones is 1. The molecule has 0 saturated carbocycles. The molecule has 0 unspecified atom stereocenters. The average Bonchev–Trinajstić information content (AvgIpc) is 3.00. The van der Waals surface area contributed by atoms with Crippen LogP contribution in [0.3, 0.4) is 0 Å². The molecular weight excluding hydrogens is 358 g/mol. The molecule has 1 atom stereocenters. The number of alkyl carbamates (subject to hydrolysis) is 1. The van der Waals surface area contributed by atoms with Crippen molar-refractivity contribution in [3.63, 3.8) is 0 Å². The Bertz CT molecular complexity index is 841. The second-order valence-corrected chi connectivity index (χ2v) is 7.85. The van der Waals surface area contributed by atoms with Crippen LogP contribution in [0.1, 0.15) is 50.3 Å². The summed E-state index contributed by atoms with van der Waals surface area (Å²) in [5, 5.41) is 7.27. The fraction of sp³-hybridized carbons (Fsp3) is 0.476. The Labute approximate surface area is 167 Å². The second kappa shape index (κ2) is 9.01. The highest BCUT2D eigenvalue weighted by Gasteiger charge is 2.19. The molecule has 152 valence electrons. The van der Waals surface area contributed by atoms with Gasteiger partial charge in [-0.15, -0.1) is 0 Å². The first kappa shape index (κ1) is 20.1. The Morgan fingerprint density at radius 1 is 1.32 bits per heavy atom. The molecule has 1 amide bonds. The van der Waals surface area contributed by atoms with Crippen molar-refractivity contribution in [3.8, 4) is 11.3 Å². The number of carbonyl (C=O) groups excluding carboxylic acids is 2. The van der Waals surface area contributed by atoms with Crippen LogP contribution in [-0.2, 0) is 18.2 Å². The Balaban J connectivity index is 2.08. The second-order valence-electron chi connectivity index (χ2n) is 7.85. The van der Waals surface area contributed by atoms with E-state index in [9.17, 15) is 9.59 Å². The van der Waals surface area contributed by atoms with Gasteiger partial charge in [-0.05, 0) is 39.2 Å². The highest BCUT2D eigenvalue weighted by atomic mass is 16.6. The van der Waals surface area contributed by atoms with E-state index in [1.807, 2.05) is 51.2 Å². The molecule has 1 aromatic heterocycles. The number of aromatic nitrogens is 2. The van der Waals surface area contributed by atoms with E-state index >= 15 is 0 Å². The molecule has 0 aliphatic rings. The molecule has 0 spiro atoms. The van der Waals surface area contributed by atoms with Gasteiger partial charge in [0, 0.05) is 38.4 Å². The van der Waals surface area contributed by atoms with Crippen LogP contribution in [0.5, 0.6) is 0 Å². The minimum absolute atomic E-state index is 0.0805. The van der Waals surface area contributed by atoms with Gasteiger partial charge in [-0.25, -0.2) is 9.78 Å². The Kier molecular flexibility index (Phi) is 6.46. The summed E-state index contributed by atoms with van der Waals surface area (Å²) in [5.74, 6) is 0.337. The van der Waals surface area contributed by atoms with E-state index in [1.165, 1.54) is 6.92 Å². The van der Waals surface area contributed by atoms with Gasteiger partial charge >= 0.3 is 6.09 Å². The number of aliphatic hydroxyl groups excluding tert-OH is 1. The monoisotopic (exact) mass is 389 g/mol. The quantitative estimate of drug-likeness (QED) is 0.677. The maximum absolute atomic E-state index is 12.1. The van der Waals surface area contributed by atoms with Crippen LogP contribution in [-0.4, -0.2) is 46.2 Å². The molecule has 2 aromatic rings. The predicted molar refractivity (Wildman–Crippen MR) is 107 cm³/mol. The summed E-state index contributed by atoms with van der Waals surface area (Å²) in [5.41, 5.74) is 2.07. The van der Waals surface area contributed by atoms with Gasteiger partial charge in [0.2, 0.25) is 1.43 Å². The number of aryl methyl sites for hydroxylation is 1. The van der Waals surface area contributed by atoms with Crippen molar-refractivity contribution in [2.75, 3.05) is 6.61 Å². The van der Waals surface area contributed by atoms with Crippen LogP contribution in [0.25, 0.3) is 11.3 Å². The number of aliphatic hydroxyl groups is 1. The minimum atomic E-state index is -0.580. The largest absolute Gasteiger partial charge is 0.444 e. The molecule has 1 heterocycles. The third kappa shape index (κ3) is 6.20. The van der Waals surface area contributed by atoms with E-state index in [4.69, 9.17) is 6.17 Å². The maximum Gasteiger partial charge on any atom is 0.407 e. The number of rotatable bonds is 8. The SMILES string of the molecule is [3H]OCC[C@H](Cc1ccc(-c2cn(C)c(C(C)=O)n2)cc1)NC(=O)OC(C)(C)C. The summed E-state index contributed by atoms with van der Waals surface area (Å²) in [6, 6.07) is 7.58. The van der Waals surface area contributed by atoms with Crippen molar-refractivity contribution in [2.24, 2.45) is 7.05 Å². The van der Waals surface area contributed by atoms with Crippen LogP contribution in [0.4, 0.5) is 4.79 Å². The van der Waals surface area contributed by atoms with Gasteiger partial charge in [0.1, 0.15) is 5.60 Å². The Morgan fingerprint density at radius 3 is 2.54 bits per heavy atom. The number of amides is 1. The molecular formula is C21H29N3O4. The van der Waals surface area contributed by atoms with E-state index in [1.54, 1.807) is 11.6 Å². The van der Waals surface area contributed by atoms with Crippen molar-refractivity contribution >= 4 is 11.9 Å². The standard InChI is InChI=1S/C21H29N3O4/c1-14(26)19-23-18(13-24(19)5)16-8-6-15(7-9-16)12-17(10-11-25)22-20(27)28-21(2,3)4/h6-9,13,17,25H,10-12H2,1-5H3,(H,22,27)/t17-/m1/s1/i25T. The lowest BCUT2D eigenvalue weighted by Gasteiger charge is -2.23. The number of carbonyl (C=O) groups is 2. The van der Waals surface area contributed by atoms with E-state index in [0.717, 1.165) is 16.8 Å². The van der Waals surface area contributed by atoms with Crippen molar-refractivity contribution in [3.05, 3.63) is 41.9 Å². The molecule has 0 aliphatic heterocycles. The summed E-state index contributed by atoms with van der Waals surface area (Å²) in [6.07, 6.45) is 2.40. The van der Waals surface area contributed by atoms with Gasteiger partial charge in [0.15, 0.2) is 11.6 Å². The van der Waals surface area contributed by atoms with Crippen LogP contribution in [0.2, 0.25) is 0 Å². The molecule has 0 saturated heterocycles. The number of ether oxygens (including phenoxy) is 1.